The van der Waals surface area contributed by atoms with Gasteiger partial charge in [-0.1, -0.05) is 12.1 Å². The number of likely N-dealkylation sites (N-methyl/N-ethyl adjacent to an activating group) is 1. The van der Waals surface area contributed by atoms with E-state index in [1.165, 1.54) is 25.5 Å². The number of piperidine rings is 1. The van der Waals surface area contributed by atoms with Crippen molar-refractivity contribution >= 4 is 23.5 Å². The van der Waals surface area contributed by atoms with Gasteiger partial charge in [-0.05, 0) is 67.6 Å². The highest BCUT2D eigenvalue weighted by molar-refractivity contribution is 5.91. The molecule has 2 aromatic rings. The number of nitrogens with one attached hydrogen (secondary N) is 1. The third-order valence-electron chi connectivity index (χ3n) is 5.37. The zero-order valence-corrected chi connectivity index (χ0v) is 17.9. The van der Waals surface area contributed by atoms with Crippen molar-refractivity contribution in [1.29, 1.82) is 0 Å². The number of rotatable bonds is 7. The zero-order valence-electron chi connectivity index (χ0n) is 17.9. The number of amides is 1. The number of carboxylic acid groups (broad SMARTS) is 1. The summed E-state index contributed by atoms with van der Waals surface area (Å²) in [5, 5.41) is 12.1. The number of ether oxygens (including phenoxy) is 1. The number of carbonyl (C=O) groups excluding carboxylic acids is 2. The molecule has 31 heavy (non-hydrogen) atoms. The quantitative estimate of drug-likeness (QED) is 0.521. The van der Waals surface area contributed by atoms with Crippen LogP contribution >= 0.6 is 0 Å². The molecule has 3 rings (SSSR count). The fourth-order valence-corrected chi connectivity index (χ4v) is 3.98. The third-order valence-corrected chi connectivity index (χ3v) is 5.37. The van der Waals surface area contributed by atoms with Gasteiger partial charge in [-0.3, -0.25) is 9.59 Å². The number of hydrogen-bond donors (Lipinski definition) is 2. The lowest BCUT2D eigenvalue weighted by molar-refractivity contribution is -0.131. The van der Waals surface area contributed by atoms with Crippen molar-refractivity contribution in [3.8, 4) is 5.75 Å². The largest absolute Gasteiger partial charge is 0.478 e. The fourth-order valence-electron chi connectivity index (χ4n) is 3.98. The predicted molar refractivity (Wildman–Crippen MR) is 118 cm³/mol. The van der Waals surface area contributed by atoms with E-state index in [0.29, 0.717) is 17.9 Å². The van der Waals surface area contributed by atoms with Crippen molar-refractivity contribution in [2.75, 3.05) is 24.5 Å². The molecular formula is C24H28N2O5. The summed E-state index contributed by atoms with van der Waals surface area (Å²) in [5.74, 6) is -1.94. The molecule has 1 atom stereocenters. The monoisotopic (exact) mass is 424 g/mol. The summed E-state index contributed by atoms with van der Waals surface area (Å²) in [7, 11) is 0. The predicted octanol–water partition coefficient (Wildman–Crippen LogP) is 3.57. The molecule has 0 aromatic heterocycles. The smallest absolute Gasteiger partial charge is 0.335 e. The second kappa shape index (κ2) is 10.1. The van der Waals surface area contributed by atoms with E-state index in [0.717, 1.165) is 37.2 Å². The number of carboxylic acids is 1. The van der Waals surface area contributed by atoms with Crippen molar-refractivity contribution in [3.05, 3.63) is 59.2 Å². The second-order valence-corrected chi connectivity index (χ2v) is 7.62. The highest BCUT2D eigenvalue weighted by atomic mass is 16.5. The minimum absolute atomic E-state index is 0.156. The first-order valence-corrected chi connectivity index (χ1v) is 10.6. The van der Waals surface area contributed by atoms with Gasteiger partial charge < -0.3 is 20.1 Å². The molecule has 1 aliphatic heterocycles. The molecule has 1 unspecified atom stereocenters. The van der Waals surface area contributed by atoms with Crippen molar-refractivity contribution in [2.45, 2.75) is 39.0 Å². The molecule has 7 nitrogen and oxygen atoms in total. The second-order valence-electron chi connectivity index (χ2n) is 7.62. The van der Waals surface area contributed by atoms with E-state index in [1.54, 1.807) is 24.3 Å². The van der Waals surface area contributed by atoms with E-state index < -0.39 is 17.9 Å². The van der Waals surface area contributed by atoms with Crippen LogP contribution in [0.1, 0.15) is 60.5 Å². The lowest BCUT2D eigenvalue weighted by Gasteiger charge is -2.32. The summed E-state index contributed by atoms with van der Waals surface area (Å²) in [4.78, 5) is 38.2. The van der Waals surface area contributed by atoms with Gasteiger partial charge >= 0.3 is 11.9 Å². The highest BCUT2D eigenvalue weighted by Gasteiger charge is 2.28. The topological polar surface area (TPSA) is 95.9 Å². The molecule has 0 spiro atoms. The molecule has 1 fully saturated rings. The van der Waals surface area contributed by atoms with Crippen LogP contribution in [0.5, 0.6) is 5.75 Å². The first-order chi connectivity index (χ1) is 14.9. The summed E-state index contributed by atoms with van der Waals surface area (Å²) >= 11 is 0. The Bertz CT molecular complexity index is 949. The van der Waals surface area contributed by atoms with Gasteiger partial charge in [0, 0.05) is 32.2 Å². The van der Waals surface area contributed by atoms with Gasteiger partial charge in [0.2, 0.25) is 5.91 Å². The average Bonchev–Trinajstić information content (AvgIpc) is 2.75. The Hall–Kier alpha value is -3.35. The van der Waals surface area contributed by atoms with Gasteiger partial charge in [0.1, 0.15) is 5.75 Å². The summed E-state index contributed by atoms with van der Waals surface area (Å²) < 4.78 is 5.31. The molecule has 7 heteroatoms. The van der Waals surface area contributed by atoms with Gasteiger partial charge in [-0.25, -0.2) is 4.79 Å². The van der Waals surface area contributed by atoms with Gasteiger partial charge in [0.15, 0.2) is 0 Å². The molecule has 164 valence electrons. The zero-order chi connectivity index (χ0) is 22.4. The number of benzene rings is 2. The summed E-state index contributed by atoms with van der Waals surface area (Å²) in [6.45, 7) is 5.43. The van der Waals surface area contributed by atoms with Crippen LogP contribution < -0.4 is 15.0 Å². The van der Waals surface area contributed by atoms with Gasteiger partial charge in [-0.15, -0.1) is 0 Å². The average molecular weight is 424 g/mol. The molecule has 0 aliphatic carbocycles. The van der Waals surface area contributed by atoms with E-state index in [4.69, 9.17) is 4.74 Å². The highest BCUT2D eigenvalue weighted by Crippen LogP contribution is 2.37. The van der Waals surface area contributed by atoms with Crippen LogP contribution in [0.4, 0.5) is 5.69 Å². The maximum atomic E-state index is 13.2. The van der Waals surface area contributed by atoms with Crippen LogP contribution in [-0.4, -0.2) is 42.6 Å². The first-order valence-electron chi connectivity index (χ1n) is 10.6. The maximum absolute atomic E-state index is 13.2. The Labute approximate surface area is 182 Å². The van der Waals surface area contributed by atoms with Crippen LogP contribution in [0.3, 0.4) is 0 Å². The minimum Gasteiger partial charge on any atom is -0.478 e. The SMILES string of the molecule is CCNC(=O)C(c1ccc(C(=O)O)cc1)c1cc(OC(C)=O)ccc1N1CCCCC1. The Morgan fingerprint density at radius 1 is 1.06 bits per heavy atom. The van der Waals surface area contributed by atoms with E-state index >= 15 is 0 Å². The molecule has 1 amide bonds. The molecule has 1 saturated heterocycles. The Kier molecular flexibility index (Phi) is 7.28. The molecule has 0 bridgehead atoms. The summed E-state index contributed by atoms with van der Waals surface area (Å²) in [6, 6.07) is 11.7. The standard InChI is InChI=1S/C24H28N2O5/c1-3-25-23(28)22(17-7-9-18(10-8-17)24(29)30)20-15-19(31-16(2)27)11-12-21(20)26-13-5-4-6-14-26/h7-12,15,22H,3-6,13-14H2,1-2H3,(H,25,28)(H,29,30). The van der Waals surface area contributed by atoms with Gasteiger partial charge in [-0.2, -0.15) is 0 Å². The molecule has 0 saturated carbocycles. The molecular weight excluding hydrogens is 396 g/mol. The van der Waals surface area contributed by atoms with Crippen molar-refractivity contribution in [2.24, 2.45) is 0 Å². The van der Waals surface area contributed by atoms with E-state index in [-0.39, 0.29) is 11.5 Å². The molecule has 2 N–H and O–H groups in total. The van der Waals surface area contributed by atoms with Crippen LogP contribution in [0.2, 0.25) is 0 Å². The summed E-state index contributed by atoms with van der Waals surface area (Å²) in [5.41, 5.74) is 2.49. The third kappa shape index (κ3) is 5.42. The first kappa shape index (κ1) is 22.3. The van der Waals surface area contributed by atoms with Crippen molar-refractivity contribution in [3.63, 3.8) is 0 Å². The maximum Gasteiger partial charge on any atom is 0.335 e. The van der Waals surface area contributed by atoms with Crippen molar-refractivity contribution < 1.29 is 24.2 Å². The number of anilines is 1. The van der Waals surface area contributed by atoms with E-state index in [2.05, 4.69) is 10.2 Å². The number of esters is 1. The Balaban J connectivity index is 2.13. The van der Waals surface area contributed by atoms with E-state index in [1.807, 2.05) is 13.0 Å². The number of nitrogens with zero attached hydrogens (tertiary/aromatic N) is 1. The molecule has 2 aromatic carbocycles. The molecule has 1 heterocycles. The normalized spacial score (nSPS) is 14.6. The lowest BCUT2D eigenvalue weighted by atomic mass is 9.87. The Morgan fingerprint density at radius 3 is 2.32 bits per heavy atom. The minimum atomic E-state index is -1.02. The van der Waals surface area contributed by atoms with Gasteiger partial charge in [0.25, 0.3) is 0 Å². The van der Waals surface area contributed by atoms with Crippen molar-refractivity contribution in [1.82, 2.24) is 5.32 Å². The Morgan fingerprint density at radius 2 is 1.74 bits per heavy atom. The lowest BCUT2D eigenvalue weighted by Crippen LogP contribution is -2.34. The number of hydrogen-bond acceptors (Lipinski definition) is 5. The number of aromatic carboxylic acids is 1. The summed E-state index contributed by atoms with van der Waals surface area (Å²) in [6.07, 6.45) is 3.32. The van der Waals surface area contributed by atoms with E-state index in [9.17, 15) is 19.5 Å². The molecule has 0 radical (unpaired) electrons. The number of carbonyl (C=O) groups is 3. The van der Waals surface area contributed by atoms with Gasteiger partial charge in [0.05, 0.1) is 11.5 Å². The van der Waals surface area contributed by atoms with Crippen LogP contribution in [0.25, 0.3) is 0 Å². The van der Waals surface area contributed by atoms with Crippen LogP contribution in [-0.2, 0) is 9.59 Å². The molecule has 1 aliphatic rings. The van der Waals surface area contributed by atoms with Crippen LogP contribution in [0.15, 0.2) is 42.5 Å². The fraction of sp³-hybridized carbons (Fsp3) is 0.375. The van der Waals surface area contributed by atoms with Crippen LogP contribution in [0, 0.1) is 0 Å².